The van der Waals surface area contributed by atoms with Gasteiger partial charge in [0.25, 0.3) is 10.0 Å². The second-order valence-corrected chi connectivity index (χ2v) is 7.15. The maximum atomic E-state index is 12.5. The summed E-state index contributed by atoms with van der Waals surface area (Å²) in [5, 5.41) is 2.57. The lowest BCUT2D eigenvalue weighted by atomic mass is 10.3. The average molecular weight is 368 g/mol. The number of anilines is 1. The van der Waals surface area contributed by atoms with E-state index in [1.165, 1.54) is 6.07 Å². The predicted molar refractivity (Wildman–Crippen MR) is 80.1 cm³/mol. The van der Waals surface area contributed by atoms with Crippen LogP contribution in [0.5, 0.6) is 0 Å². The molecule has 0 saturated carbocycles. The molecule has 0 spiro atoms. The van der Waals surface area contributed by atoms with E-state index in [2.05, 4.69) is 26.2 Å². The number of amides is 2. The summed E-state index contributed by atoms with van der Waals surface area (Å²) in [5.41, 5.74) is 0.777. The monoisotopic (exact) mass is 367 g/mol. The Morgan fingerprint density at radius 2 is 1.95 bits per heavy atom. The lowest BCUT2D eigenvalue weighted by Gasteiger charge is -2.28. The van der Waals surface area contributed by atoms with Gasteiger partial charge in [-0.1, -0.05) is 12.1 Å². The minimum atomic E-state index is -3.87. The Morgan fingerprint density at radius 1 is 1.19 bits per heavy atom. The molecule has 2 aromatic rings. The van der Waals surface area contributed by atoms with Crippen molar-refractivity contribution in [3.63, 3.8) is 0 Å². The molecule has 6 nitrogen and oxygen atoms in total. The number of nitrogens with one attached hydrogen (secondary N) is 1. The fraction of sp³-hybridized carbons (Fsp3) is 0.0769. The van der Waals surface area contributed by atoms with Gasteiger partial charge in [-0.3, -0.25) is 4.98 Å². The first-order valence-electron chi connectivity index (χ1n) is 6.02. The molecule has 0 radical (unpaired) electrons. The zero-order valence-electron chi connectivity index (χ0n) is 10.7. The number of halogens is 1. The first-order valence-corrected chi connectivity index (χ1v) is 8.25. The number of carbonyl (C=O) groups excluding carboxylic acids is 1. The van der Waals surface area contributed by atoms with Gasteiger partial charge in [0.15, 0.2) is 0 Å². The summed E-state index contributed by atoms with van der Waals surface area (Å²) >= 11 is 3.25. The second-order valence-electron chi connectivity index (χ2n) is 4.41. The Kier molecular flexibility index (Phi) is 3.42. The van der Waals surface area contributed by atoms with Gasteiger partial charge in [0, 0.05) is 10.7 Å². The van der Waals surface area contributed by atoms with Crippen LogP contribution >= 0.6 is 15.9 Å². The Bertz CT molecular complexity index is 806. The van der Waals surface area contributed by atoms with Gasteiger partial charge in [0.1, 0.15) is 4.90 Å². The molecule has 8 heteroatoms. The van der Waals surface area contributed by atoms with Gasteiger partial charge < -0.3 is 5.32 Å². The van der Waals surface area contributed by atoms with Crippen LogP contribution in [0, 0.1) is 0 Å². The largest absolute Gasteiger partial charge is 0.336 e. The Hall–Kier alpha value is -1.93. The smallest absolute Gasteiger partial charge is 0.306 e. The summed E-state index contributed by atoms with van der Waals surface area (Å²) in [6, 6.07) is 9.02. The number of sulfonamides is 1. The van der Waals surface area contributed by atoms with E-state index >= 15 is 0 Å². The van der Waals surface area contributed by atoms with E-state index in [1.807, 2.05) is 0 Å². The van der Waals surface area contributed by atoms with Crippen LogP contribution in [0.3, 0.4) is 0 Å². The van der Waals surface area contributed by atoms with E-state index in [-0.39, 0.29) is 11.4 Å². The third kappa shape index (κ3) is 2.52. The van der Waals surface area contributed by atoms with E-state index in [0.29, 0.717) is 11.4 Å². The fourth-order valence-electron chi connectivity index (χ4n) is 2.00. The number of hydrogen-bond donors (Lipinski definition) is 1. The summed E-state index contributed by atoms with van der Waals surface area (Å²) in [6.07, 6.45) is 1.55. The fourth-order valence-corrected chi connectivity index (χ4v) is 3.69. The number of fused-ring (bicyclic) bond motifs is 1. The number of hydrogen-bond acceptors (Lipinski definition) is 4. The Balaban J connectivity index is 2.00. The number of pyridine rings is 1. The molecule has 1 aromatic carbocycles. The van der Waals surface area contributed by atoms with Crippen molar-refractivity contribution in [2.75, 3.05) is 5.32 Å². The van der Waals surface area contributed by atoms with E-state index in [0.717, 1.165) is 8.78 Å². The SMILES string of the molecule is O=C1Nc2ccccc2S(=O)(=O)N1Cc1ccc(Br)cn1. The van der Waals surface area contributed by atoms with Gasteiger partial charge in [0.05, 0.1) is 17.9 Å². The minimum absolute atomic E-state index is 0.0849. The lowest BCUT2D eigenvalue weighted by molar-refractivity contribution is 0.233. The second kappa shape index (κ2) is 5.12. The van der Waals surface area contributed by atoms with Gasteiger partial charge in [-0.15, -0.1) is 0 Å². The standard InChI is InChI=1S/C13H10BrN3O3S/c14-9-5-6-10(15-7-9)8-17-13(18)16-11-3-1-2-4-12(11)21(17,19)20/h1-7H,8H2,(H,16,18). The molecule has 21 heavy (non-hydrogen) atoms. The maximum Gasteiger partial charge on any atom is 0.336 e. The van der Waals surface area contributed by atoms with E-state index in [1.54, 1.807) is 36.5 Å². The third-order valence-corrected chi connectivity index (χ3v) is 5.27. The molecule has 0 fully saturated rings. The molecule has 3 rings (SSSR count). The van der Waals surface area contributed by atoms with Gasteiger partial charge in [-0.05, 0) is 40.2 Å². The zero-order chi connectivity index (χ0) is 15.0. The van der Waals surface area contributed by atoms with Crippen molar-refractivity contribution in [1.29, 1.82) is 0 Å². The van der Waals surface area contributed by atoms with E-state index < -0.39 is 16.1 Å². The van der Waals surface area contributed by atoms with Crippen LogP contribution in [-0.4, -0.2) is 23.7 Å². The maximum absolute atomic E-state index is 12.5. The highest BCUT2D eigenvalue weighted by Crippen LogP contribution is 2.30. The van der Waals surface area contributed by atoms with Crippen molar-refractivity contribution in [1.82, 2.24) is 9.29 Å². The number of rotatable bonds is 2. The van der Waals surface area contributed by atoms with Crippen molar-refractivity contribution in [3.8, 4) is 0 Å². The van der Waals surface area contributed by atoms with Crippen molar-refractivity contribution in [2.45, 2.75) is 11.4 Å². The molecule has 0 atom stereocenters. The molecule has 0 bridgehead atoms. The molecule has 2 amide bonds. The van der Waals surface area contributed by atoms with Gasteiger partial charge in [-0.2, -0.15) is 0 Å². The minimum Gasteiger partial charge on any atom is -0.306 e. The van der Waals surface area contributed by atoms with Crippen molar-refractivity contribution < 1.29 is 13.2 Å². The van der Waals surface area contributed by atoms with Crippen molar-refractivity contribution >= 4 is 37.7 Å². The van der Waals surface area contributed by atoms with Crippen LogP contribution in [0.15, 0.2) is 52.0 Å². The first-order chi connectivity index (χ1) is 9.98. The van der Waals surface area contributed by atoms with Gasteiger partial charge >= 0.3 is 6.03 Å². The first kappa shape index (κ1) is 14.0. The number of para-hydroxylation sites is 1. The molecule has 108 valence electrons. The highest BCUT2D eigenvalue weighted by molar-refractivity contribution is 9.10. The van der Waals surface area contributed by atoms with Gasteiger partial charge in [0.2, 0.25) is 0 Å². The molecular formula is C13H10BrN3O3S. The summed E-state index contributed by atoms with van der Waals surface area (Å²) in [5.74, 6) is 0. The molecule has 1 aromatic heterocycles. The topological polar surface area (TPSA) is 79.4 Å². The van der Waals surface area contributed by atoms with E-state index in [4.69, 9.17) is 0 Å². The van der Waals surface area contributed by atoms with Crippen molar-refractivity contribution in [3.05, 3.63) is 52.8 Å². The lowest BCUT2D eigenvalue weighted by Crippen LogP contribution is -2.43. The number of urea groups is 1. The molecular weight excluding hydrogens is 358 g/mol. The third-order valence-electron chi connectivity index (χ3n) is 3.02. The normalized spacial score (nSPS) is 16.2. The van der Waals surface area contributed by atoms with Gasteiger partial charge in [-0.25, -0.2) is 17.5 Å². The van der Waals surface area contributed by atoms with Crippen LogP contribution in [0.4, 0.5) is 10.5 Å². The van der Waals surface area contributed by atoms with Crippen LogP contribution in [0.25, 0.3) is 0 Å². The van der Waals surface area contributed by atoms with E-state index in [9.17, 15) is 13.2 Å². The molecule has 0 saturated heterocycles. The number of benzene rings is 1. The van der Waals surface area contributed by atoms with Crippen molar-refractivity contribution in [2.24, 2.45) is 0 Å². The number of nitrogens with zero attached hydrogens (tertiary/aromatic N) is 2. The quantitative estimate of drug-likeness (QED) is 0.884. The summed E-state index contributed by atoms with van der Waals surface area (Å²) in [7, 11) is -3.87. The highest BCUT2D eigenvalue weighted by Gasteiger charge is 2.36. The van der Waals surface area contributed by atoms with Crippen LogP contribution < -0.4 is 5.32 Å². The molecule has 1 aliphatic rings. The summed E-state index contributed by atoms with van der Waals surface area (Å²) in [6.45, 7) is -0.115. The summed E-state index contributed by atoms with van der Waals surface area (Å²) < 4.78 is 26.6. The van der Waals surface area contributed by atoms with Crippen LogP contribution in [0.1, 0.15) is 5.69 Å². The summed E-state index contributed by atoms with van der Waals surface area (Å²) in [4.78, 5) is 16.2. The highest BCUT2D eigenvalue weighted by atomic mass is 79.9. The molecule has 1 aliphatic heterocycles. The number of carbonyl (C=O) groups is 1. The number of aromatic nitrogens is 1. The van der Waals surface area contributed by atoms with Crippen LogP contribution in [-0.2, 0) is 16.6 Å². The molecule has 1 N–H and O–H groups in total. The molecule has 0 aliphatic carbocycles. The Morgan fingerprint density at radius 3 is 2.67 bits per heavy atom. The predicted octanol–water partition coefficient (Wildman–Crippen LogP) is 2.58. The van der Waals surface area contributed by atoms with Crippen LogP contribution in [0.2, 0.25) is 0 Å². The average Bonchev–Trinajstić information content (AvgIpc) is 2.45. The molecule has 0 unspecified atom stereocenters. The molecule has 2 heterocycles. The zero-order valence-corrected chi connectivity index (χ0v) is 13.1. The Labute approximate surface area is 130 Å².